The molecule has 20 heavy (non-hydrogen) atoms. The van der Waals surface area contributed by atoms with Crippen LogP contribution in [0.25, 0.3) is 0 Å². The van der Waals surface area contributed by atoms with E-state index in [1.54, 1.807) is 31.2 Å². The van der Waals surface area contributed by atoms with Crippen molar-refractivity contribution in [3.8, 4) is 5.75 Å². The largest absolute Gasteiger partial charge is 0.497 e. The zero-order valence-corrected chi connectivity index (χ0v) is 11.0. The van der Waals surface area contributed by atoms with Crippen LogP contribution in [0.2, 0.25) is 0 Å². The lowest BCUT2D eigenvalue weighted by Crippen LogP contribution is -2.17. The minimum atomic E-state index is -1.43. The Bertz CT molecular complexity index is 515. The van der Waals surface area contributed by atoms with Crippen LogP contribution >= 0.6 is 0 Å². The molecule has 0 aromatic heterocycles. The van der Waals surface area contributed by atoms with Crippen molar-refractivity contribution < 1.29 is 28.5 Å². The smallest absolute Gasteiger partial charge is 0.388 e. The number of nitrogens with one attached hydrogen (secondary N) is 1. The Hall–Kier alpha value is -2.57. The Morgan fingerprint density at radius 2 is 2.10 bits per heavy atom. The SMILES string of the molecule is CCOC(=O)/C(=C\Nc1cccc(OC)c1)C(=O)OF. The van der Waals surface area contributed by atoms with Crippen molar-refractivity contribution >= 4 is 17.6 Å². The van der Waals surface area contributed by atoms with Crippen LogP contribution in [0.1, 0.15) is 6.92 Å². The van der Waals surface area contributed by atoms with Gasteiger partial charge in [-0.15, -0.1) is 0 Å². The predicted octanol–water partition coefficient (Wildman–Crippen LogP) is 1.98. The van der Waals surface area contributed by atoms with E-state index in [0.717, 1.165) is 6.20 Å². The van der Waals surface area contributed by atoms with E-state index in [-0.39, 0.29) is 6.61 Å². The standard InChI is InChI=1S/C13H14FNO5/c1-3-19-12(16)11(13(17)20-14)8-15-9-5-4-6-10(7-9)18-2/h4-8,15H,3H2,1-2H3/b11-8+. The van der Waals surface area contributed by atoms with Gasteiger partial charge in [-0.25, -0.2) is 14.5 Å². The molecular formula is C13H14FNO5. The van der Waals surface area contributed by atoms with Gasteiger partial charge in [0.15, 0.2) is 5.57 Å². The highest BCUT2D eigenvalue weighted by Gasteiger charge is 2.22. The summed E-state index contributed by atoms with van der Waals surface area (Å²) >= 11 is 0. The summed E-state index contributed by atoms with van der Waals surface area (Å²) in [6.07, 6.45) is 1.01. The van der Waals surface area contributed by atoms with Crippen molar-refractivity contribution in [2.24, 2.45) is 0 Å². The fourth-order valence-electron chi connectivity index (χ4n) is 1.32. The van der Waals surface area contributed by atoms with Gasteiger partial charge in [0.2, 0.25) is 0 Å². The van der Waals surface area contributed by atoms with Crippen LogP contribution in [0.5, 0.6) is 5.75 Å². The van der Waals surface area contributed by atoms with E-state index >= 15 is 0 Å². The van der Waals surface area contributed by atoms with Gasteiger partial charge in [-0.3, -0.25) is 0 Å². The second-order valence-electron chi connectivity index (χ2n) is 3.52. The average Bonchev–Trinajstić information content (AvgIpc) is 2.47. The number of rotatable bonds is 6. The molecular weight excluding hydrogens is 269 g/mol. The number of halogens is 1. The maximum Gasteiger partial charge on any atom is 0.388 e. The molecule has 0 aliphatic rings. The van der Waals surface area contributed by atoms with Crippen LogP contribution in [0, 0.1) is 0 Å². The highest BCUT2D eigenvalue weighted by Crippen LogP contribution is 2.17. The molecule has 0 heterocycles. The first-order valence-corrected chi connectivity index (χ1v) is 5.73. The molecule has 0 unspecified atom stereocenters. The van der Waals surface area contributed by atoms with Gasteiger partial charge >= 0.3 is 11.9 Å². The predicted molar refractivity (Wildman–Crippen MR) is 68.5 cm³/mol. The van der Waals surface area contributed by atoms with Gasteiger partial charge < -0.3 is 14.8 Å². The Morgan fingerprint density at radius 3 is 2.70 bits per heavy atom. The number of carbonyl (C=O) groups is 2. The molecule has 0 saturated carbocycles. The third-order valence-corrected chi connectivity index (χ3v) is 2.24. The number of carbonyl (C=O) groups excluding carboxylic acids is 2. The second-order valence-corrected chi connectivity index (χ2v) is 3.52. The first kappa shape index (κ1) is 15.5. The number of esters is 1. The normalized spacial score (nSPS) is 10.7. The lowest BCUT2D eigenvalue weighted by Gasteiger charge is -2.06. The quantitative estimate of drug-likeness (QED) is 0.372. The summed E-state index contributed by atoms with van der Waals surface area (Å²) in [4.78, 5) is 25.6. The summed E-state index contributed by atoms with van der Waals surface area (Å²) in [7, 11) is 1.50. The third-order valence-electron chi connectivity index (χ3n) is 2.24. The van der Waals surface area contributed by atoms with Gasteiger partial charge in [0.1, 0.15) is 5.75 Å². The lowest BCUT2D eigenvalue weighted by atomic mass is 10.2. The molecule has 0 aliphatic heterocycles. The Balaban J connectivity index is 2.90. The van der Waals surface area contributed by atoms with Gasteiger partial charge in [-0.2, -0.15) is 0 Å². The van der Waals surface area contributed by atoms with E-state index in [9.17, 15) is 14.1 Å². The number of benzene rings is 1. The first-order valence-electron chi connectivity index (χ1n) is 5.73. The molecule has 1 aromatic rings. The molecule has 108 valence electrons. The van der Waals surface area contributed by atoms with E-state index < -0.39 is 17.5 Å². The lowest BCUT2D eigenvalue weighted by molar-refractivity contribution is -0.179. The van der Waals surface area contributed by atoms with Crippen LogP contribution in [0.4, 0.5) is 10.2 Å². The van der Waals surface area contributed by atoms with E-state index in [1.165, 1.54) is 7.11 Å². The van der Waals surface area contributed by atoms with Crippen molar-refractivity contribution in [3.63, 3.8) is 0 Å². The minimum Gasteiger partial charge on any atom is -0.497 e. The number of anilines is 1. The maximum absolute atomic E-state index is 11.9. The minimum absolute atomic E-state index is 0.0505. The van der Waals surface area contributed by atoms with Gasteiger partial charge in [0, 0.05) is 22.5 Å². The Labute approximate surface area is 115 Å². The molecule has 1 aromatic carbocycles. The summed E-state index contributed by atoms with van der Waals surface area (Å²) in [6.45, 7) is 1.61. The average molecular weight is 283 g/mol. The van der Waals surface area contributed by atoms with Gasteiger partial charge in [-0.05, 0) is 19.1 Å². The van der Waals surface area contributed by atoms with E-state index in [1.807, 2.05) is 0 Å². The number of ether oxygens (including phenoxy) is 2. The molecule has 0 radical (unpaired) electrons. The van der Waals surface area contributed by atoms with Gasteiger partial charge in [0.05, 0.1) is 13.7 Å². The van der Waals surface area contributed by atoms with Crippen LogP contribution in [0.3, 0.4) is 0 Å². The zero-order valence-electron chi connectivity index (χ0n) is 11.0. The molecule has 0 fully saturated rings. The molecule has 0 bridgehead atoms. The molecule has 7 heteroatoms. The van der Waals surface area contributed by atoms with Crippen LogP contribution < -0.4 is 10.1 Å². The summed E-state index contributed by atoms with van der Waals surface area (Å²) < 4.78 is 21.6. The summed E-state index contributed by atoms with van der Waals surface area (Å²) in [5.41, 5.74) is -0.0463. The van der Waals surface area contributed by atoms with Crippen LogP contribution in [0.15, 0.2) is 36.0 Å². The third kappa shape index (κ3) is 4.27. The highest BCUT2D eigenvalue weighted by atomic mass is 19.3. The Morgan fingerprint density at radius 1 is 1.35 bits per heavy atom. The van der Waals surface area contributed by atoms with Crippen molar-refractivity contribution in [1.82, 2.24) is 0 Å². The van der Waals surface area contributed by atoms with E-state index in [4.69, 9.17) is 4.74 Å². The molecule has 0 spiro atoms. The van der Waals surface area contributed by atoms with Gasteiger partial charge in [-0.1, -0.05) is 6.07 Å². The number of hydrogen-bond acceptors (Lipinski definition) is 6. The van der Waals surface area contributed by atoms with Crippen LogP contribution in [-0.4, -0.2) is 25.7 Å². The molecule has 1 rings (SSSR count). The van der Waals surface area contributed by atoms with Crippen molar-refractivity contribution in [2.75, 3.05) is 19.0 Å². The van der Waals surface area contributed by atoms with Gasteiger partial charge in [0.25, 0.3) is 0 Å². The topological polar surface area (TPSA) is 73.9 Å². The Kier molecular flexibility index (Phi) is 6.02. The van der Waals surface area contributed by atoms with Crippen molar-refractivity contribution in [1.29, 1.82) is 0 Å². The zero-order chi connectivity index (χ0) is 15.0. The molecule has 6 nitrogen and oxygen atoms in total. The number of methoxy groups -OCH3 is 1. The second kappa shape index (κ2) is 7.78. The number of hydrogen-bond donors (Lipinski definition) is 1. The molecule has 0 atom stereocenters. The van der Waals surface area contributed by atoms with Crippen molar-refractivity contribution in [3.05, 3.63) is 36.0 Å². The summed E-state index contributed by atoms with van der Waals surface area (Å²) in [5, 5.41) is 2.66. The summed E-state index contributed by atoms with van der Waals surface area (Å²) in [5.74, 6) is -1.83. The fraction of sp³-hybridized carbons (Fsp3) is 0.231. The fourth-order valence-corrected chi connectivity index (χ4v) is 1.32. The van der Waals surface area contributed by atoms with Crippen LogP contribution in [-0.2, 0) is 19.3 Å². The van der Waals surface area contributed by atoms with Crippen molar-refractivity contribution in [2.45, 2.75) is 6.92 Å². The molecule has 0 amide bonds. The molecule has 1 N–H and O–H groups in total. The first-order chi connectivity index (χ1) is 9.62. The summed E-state index contributed by atoms with van der Waals surface area (Å²) in [6, 6.07) is 6.71. The molecule has 0 saturated heterocycles. The maximum atomic E-state index is 11.9. The molecule has 0 aliphatic carbocycles. The monoisotopic (exact) mass is 283 g/mol. The van der Waals surface area contributed by atoms with E-state index in [0.29, 0.717) is 11.4 Å². The highest BCUT2D eigenvalue weighted by molar-refractivity contribution is 6.14. The van der Waals surface area contributed by atoms with E-state index in [2.05, 4.69) is 15.0 Å².